The maximum absolute atomic E-state index is 13.5. The van der Waals surface area contributed by atoms with E-state index in [0.29, 0.717) is 6.04 Å². The average Bonchev–Trinajstić information content (AvgIpc) is 3.58. The second kappa shape index (κ2) is 11.6. The monoisotopic (exact) mass is 517 g/mol. The molecule has 0 bridgehead atoms. The van der Waals surface area contributed by atoms with Crippen LogP contribution in [-0.2, 0) is 35.6 Å². The quantitative estimate of drug-likeness (QED) is 0.479. The van der Waals surface area contributed by atoms with E-state index in [4.69, 9.17) is 0 Å². The standard InChI is InChI=1S/C27H37N5O2S.Na/c1-27(14-7-16-32(27)22-10-3-2-4-11-22)15-17-35(34,29-19-28)31-26(33)30-25-23-12-5-8-20(23)18-21-9-6-13-24(21)25;/h15,17-18,22H,2-14,16H2,1H3,(H2,29,30,31,33,34);/q;+1/p-1/b17-15+;/t27-,35?;/m0./s1. The molecule has 1 aromatic rings. The maximum Gasteiger partial charge on any atom is 1.00 e. The molecule has 1 unspecified atom stereocenters. The molecule has 2 amide bonds. The summed E-state index contributed by atoms with van der Waals surface area (Å²) in [5, 5.41) is 13.6. The molecule has 36 heavy (non-hydrogen) atoms. The number of urea groups is 1. The molecule has 1 aliphatic heterocycles. The first-order valence-electron chi connectivity index (χ1n) is 13.2. The number of amides is 2. The Kier molecular flexibility index (Phi) is 8.89. The fraction of sp³-hybridized carbons (Fsp3) is 0.630. The van der Waals surface area contributed by atoms with Crippen LogP contribution in [0.1, 0.15) is 87.0 Å². The molecule has 9 heteroatoms. The van der Waals surface area contributed by atoms with Crippen LogP contribution in [0.25, 0.3) is 4.72 Å². The molecule has 2 atom stereocenters. The van der Waals surface area contributed by atoms with Gasteiger partial charge in [-0.1, -0.05) is 31.4 Å². The number of likely N-dealkylation sites (tertiary alicyclic amines) is 1. The number of carbonyl (C=O) groups excluding carboxylic acids is 1. The molecule has 4 aliphatic rings. The van der Waals surface area contributed by atoms with Crippen molar-refractivity contribution >= 4 is 21.6 Å². The third kappa shape index (κ3) is 5.71. The fourth-order valence-corrected chi connectivity index (χ4v) is 7.80. The van der Waals surface area contributed by atoms with Crippen molar-refractivity contribution in [3.63, 3.8) is 0 Å². The molecule has 0 spiro atoms. The van der Waals surface area contributed by atoms with Crippen molar-refractivity contribution < 1.29 is 38.6 Å². The molecule has 0 radical (unpaired) electrons. The van der Waals surface area contributed by atoms with Crippen LogP contribution in [0.15, 0.2) is 21.9 Å². The van der Waals surface area contributed by atoms with Crippen molar-refractivity contribution in [3.05, 3.63) is 44.5 Å². The largest absolute Gasteiger partial charge is 1.00 e. The van der Waals surface area contributed by atoms with E-state index in [1.807, 2.05) is 6.08 Å². The summed E-state index contributed by atoms with van der Waals surface area (Å²) >= 11 is 0. The van der Waals surface area contributed by atoms with Crippen LogP contribution >= 0.6 is 0 Å². The van der Waals surface area contributed by atoms with Gasteiger partial charge in [0.25, 0.3) is 0 Å². The second-order valence-corrected chi connectivity index (χ2v) is 12.4. The van der Waals surface area contributed by atoms with E-state index < -0.39 is 15.9 Å². The summed E-state index contributed by atoms with van der Waals surface area (Å²) in [6, 6.07) is 2.15. The summed E-state index contributed by atoms with van der Waals surface area (Å²) in [5.74, 6) is 0. The molecule has 1 heterocycles. The van der Waals surface area contributed by atoms with Crippen molar-refractivity contribution in [1.29, 1.82) is 5.26 Å². The van der Waals surface area contributed by atoms with Crippen LogP contribution in [0.4, 0.5) is 10.5 Å². The number of hydrogen-bond acceptors (Lipinski definition) is 5. The molecule has 7 nitrogen and oxygen atoms in total. The molecule has 1 N–H and O–H groups in total. The average molecular weight is 518 g/mol. The van der Waals surface area contributed by atoms with Crippen molar-refractivity contribution in [2.45, 2.75) is 102 Å². The van der Waals surface area contributed by atoms with Gasteiger partial charge < -0.3 is 10.0 Å². The molecule has 1 saturated carbocycles. The van der Waals surface area contributed by atoms with Crippen LogP contribution in [0.2, 0.25) is 0 Å². The normalized spacial score (nSPS) is 25.4. The van der Waals surface area contributed by atoms with Gasteiger partial charge in [0.05, 0.1) is 0 Å². The van der Waals surface area contributed by atoms with Gasteiger partial charge in [0.1, 0.15) is 9.92 Å². The predicted octanol–water partition coefficient (Wildman–Crippen LogP) is 3.14. The SMILES string of the molecule is C[C@@]1(/C=C/S(=O)(=NC#N)[N-]C(=O)Nc2c3c(cc4c2CCC4)CCC3)CCCN1C1CCCCC1.[Na+]. The Morgan fingerprint density at radius 1 is 1.14 bits per heavy atom. The Morgan fingerprint density at radius 2 is 1.81 bits per heavy atom. The second-order valence-electron chi connectivity index (χ2n) is 10.7. The number of nitrogens with one attached hydrogen (secondary N) is 1. The van der Waals surface area contributed by atoms with Gasteiger partial charge in [-0.3, -0.25) is 9.69 Å². The van der Waals surface area contributed by atoms with E-state index in [9.17, 15) is 14.3 Å². The number of rotatable bonds is 5. The van der Waals surface area contributed by atoms with E-state index in [2.05, 4.69) is 32.3 Å². The van der Waals surface area contributed by atoms with E-state index in [1.54, 1.807) is 6.19 Å². The van der Waals surface area contributed by atoms with Crippen molar-refractivity contribution in [3.8, 4) is 6.19 Å². The van der Waals surface area contributed by atoms with Gasteiger partial charge in [-0.25, -0.2) is 4.21 Å². The predicted molar refractivity (Wildman–Crippen MR) is 139 cm³/mol. The van der Waals surface area contributed by atoms with Crippen LogP contribution in [0.3, 0.4) is 0 Å². The van der Waals surface area contributed by atoms with Gasteiger partial charge >= 0.3 is 29.6 Å². The zero-order valence-corrected chi connectivity index (χ0v) is 24.5. The molecular formula is C27H36N5NaO2S. The minimum atomic E-state index is -3.50. The molecular weight excluding hydrogens is 481 g/mol. The Morgan fingerprint density at radius 3 is 2.44 bits per heavy atom. The molecule has 3 aliphatic carbocycles. The van der Waals surface area contributed by atoms with E-state index in [0.717, 1.165) is 63.6 Å². The van der Waals surface area contributed by atoms with Gasteiger partial charge in [0.2, 0.25) is 6.19 Å². The zero-order valence-electron chi connectivity index (χ0n) is 21.7. The summed E-state index contributed by atoms with van der Waals surface area (Å²) in [7, 11) is -3.50. The van der Waals surface area contributed by atoms with Crippen molar-refractivity contribution in [2.24, 2.45) is 4.36 Å². The molecule has 1 aromatic carbocycles. The smallest absolute Gasteiger partial charge is 0.423 e. The minimum absolute atomic E-state index is 0. The topological polar surface area (TPSA) is 99.7 Å². The number of anilines is 1. The van der Waals surface area contributed by atoms with Crippen LogP contribution in [0.5, 0.6) is 0 Å². The molecule has 2 fully saturated rings. The van der Waals surface area contributed by atoms with Gasteiger partial charge in [-0.15, -0.1) is 4.36 Å². The first-order valence-corrected chi connectivity index (χ1v) is 14.8. The van der Waals surface area contributed by atoms with Crippen molar-refractivity contribution in [1.82, 2.24) is 4.90 Å². The summed E-state index contributed by atoms with van der Waals surface area (Å²) < 4.78 is 21.1. The Hall–Kier alpha value is -1.37. The van der Waals surface area contributed by atoms with E-state index in [-0.39, 0.29) is 35.1 Å². The number of fused-ring (bicyclic) bond motifs is 2. The Labute approximate surface area is 238 Å². The van der Waals surface area contributed by atoms with Gasteiger partial charge in [-0.05, 0) is 106 Å². The minimum Gasteiger partial charge on any atom is -0.423 e. The van der Waals surface area contributed by atoms with E-state index in [1.165, 1.54) is 59.8 Å². The Balaban J connectivity index is 0.00000304. The number of carbonyl (C=O) groups is 1. The van der Waals surface area contributed by atoms with E-state index >= 15 is 0 Å². The van der Waals surface area contributed by atoms with Crippen LogP contribution in [0, 0.1) is 11.5 Å². The van der Waals surface area contributed by atoms with Crippen LogP contribution < -0.4 is 34.9 Å². The summed E-state index contributed by atoms with van der Waals surface area (Å²) in [6.45, 7) is 3.18. The van der Waals surface area contributed by atoms with Crippen molar-refractivity contribution in [2.75, 3.05) is 11.9 Å². The maximum atomic E-state index is 13.5. The van der Waals surface area contributed by atoms with Gasteiger partial charge in [0.15, 0.2) is 6.03 Å². The Bertz CT molecular complexity index is 1160. The number of hydrogen-bond donors (Lipinski definition) is 1. The number of nitrogens with zero attached hydrogens (tertiary/aromatic N) is 4. The molecule has 5 rings (SSSR count). The molecule has 188 valence electrons. The van der Waals surface area contributed by atoms with Gasteiger partial charge in [-0.2, -0.15) is 5.26 Å². The third-order valence-corrected chi connectivity index (χ3v) is 9.71. The van der Waals surface area contributed by atoms with Crippen LogP contribution in [-0.4, -0.2) is 33.3 Å². The first-order chi connectivity index (χ1) is 16.9. The molecule has 1 saturated heterocycles. The number of benzene rings is 1. The molecule has 0 aromatic heterocycles. The fourth-order valence-electron chi connectivity index (χ4n) is 6.77. The zero-order chi connectivity index (χ0) is 24.5. The summed E-state index contributed by atoms with van der Waals surface area (Å²) in [6.07, 6.45) is 17.9. The summed E-state index contributed by atoms with van der Waals surface area (Å²) in [5.41, 5.74) is 5.59. The number of aryl methyl sites for hydroxylation is 2. The van der Waals surface area contributed by atoms with Gasteiger partial charge in [0, 0.05) is 17.0 Å². The summed E-state index contributed by atoms with van der Waals surface area (Å²) in [4.78, 5) is 15.5. The third-order valence-electron chi connectivity index (χ3n) is 8.45. The first kappa shape index (κ1) is 27.7. The number of nitriles is 1.